The zero-order chi connectivity index (χ0) is 29.6. The summed E-state index contributed by atoms with van der Waals surface area (Å²) < 4.78 is 0. The third kappa shape index (κ3) is 9.11. The first-order valence-corrected chi connectivity index (χ1v) is 13.1. The lowest BCUT2D eigenvalue weighted by atomic mass is 9.89. The second-order valence-electron chi connectivity index (χ2n) is 9.39. The van der Waals surface area contributed by atoms with Crippen LogP contribution in [0.5, 0.6) is 0 Å². The smallest absolute Gasteiger partial charge is 0.240 e. The summed E-state index contributed by atoms with van der Waals surface area (Å²) in [5, 5.41) is 21.6. The molecule has 3 aromatic carbocycles. The van der Waals surface area contributed by atoms with Gasteiger partial charge in [-0.3, -0.25) is 15.0 Å². The average molecular weight is 554 g/mol. The summed E-state index contributed by atoms with van der Waals surface area (Å²) in [5.41, 5.74) is 20.2. The number of nitrogens with zero attached hydrogens (tertiary/aromatic N) is 3. The number of guanidine groups is 2. The molecule has 2 amide bonds. The highest BCUT2D eigenvalue weighted by atomic mass is 16.2. The van der Waals surface area contributed by atoms with E-state index in [4.69, 9.17) is 27.9 Å². The Labute approximate surface area is 239 Å². The molecule has 0 aliphatic rings. The second kappa shape index (κ2) is 15.3. The SMILES string of the molecule is N#CN=C(N)NCc1ccc(CN(C(=O)C(c2ccccc2)c2ccccc2)[C@H](CCCNC(=N)N)C(N)=O)cc1. The molecule has 0 saturated heterocycles. The maximum absolute atomic E-state index is 14.4. The fourth-order valence-corrected chi connectivity index (χ4v) is 4.49. The van der Waals surface area contributed by atoms with Gasteiger partial charge in [-0.25, -0.2) is 0 Å². The Morgan fingerprint density at radius 1 is 0.878 bits per heavy atom. The Bertz CT molecular complexity index is 1330. The molecule has 0 aromatic heterocycles. The molecular formula is C30H35N9O2. The van der Waals surface area contributed by atoms with Crippen LogP contribution >= 0.6 is 0 Å². The minimum atomic E-state index is -0.894. The number of hydrogen-bond donors (Lipinski definition) is 6. The average Bonchev–Trinajstić information content (AvgIpc) is 2.97. The number of amides is 2. The van der Waals surface area contributed by atoms with Crippen molar-refractivity contribution in [3.63, 3.8) is 0 Å². The first-order chi connectivity index (χ1) is 19.8. The van der Waals surface area contributed by atoms with Crippen LogP contribution in [0.3, 0.4) is 0 Å². The summed E-state index contributed by atoms with van der Waals surface area (Å²) in [7, 11) is 0. The monoisotopic (exact) mass is 553 g/mol. The van der Waals surface area contributed by atoms with Crippen LogP contribution in [-0.2, 0) is 22.7 Å². The number of nitrogens with one attached hydrogen (secondary N) is 3. The first kappa shape index (κ1) is 30.2. The van der Waals surface area contributed by atoms with Gasteiger partial charge in [0.15, 0.2) is 5.96 Å². The maximum Gasteiger partial charge on any atom is 0.240 e. The predicted molar refractivity (Wildman–Crippen MR) is 158 cm³/mol. The van der Waals surface area contributed by atoms with Crippen LogP contribution in [0.2, 0.25) is 0 Å². The first-order valence-electron chi connectivity index (χ1n) is 13.1. The number of carbonyl (C=O) groups excluding carboxylic acids is 2. The molecule has 212 valence electrons. The van der Waals surface area contributed by atoms with E-state index >= 15 is 0 Å². The molecule has 0 radical (unpaired) electrons. The van der Waals surface area contributed by atoms with Crippen LogP contribution in [0.15, 0.2) is 89.9 Å². The van der Waals surface area contributed by atoms with Crippen molar-refractivity contribution in [2.24, 2.45) is 22.2 Å². The lowest BCUT2D eigenvalue weighted by Gasteiger charge is -2.33. The van der Waals surface area contributed by atoms with Gasteiger partial charge in [-0.2, -0.15) is 5.26 Å². The second-order valence-corrected chi connectivity index (χ2v) is 9.39. The van der Waals surface area contributed by atoms with Crippen molar-refractivity contribution >= 4 is 23.7 Å². The lowest BCUT2D eigenvalue weighted by molar-refractivity contribution is -0.141. The van der Waals surface area contributed by atoms with Gasteiger partial charge < -0.3 is 32.7 Å². The number of benzene rings is 3. The predicted octanol–water partition coefficient (Wildman–Crippen LogP) is 1.85. The molecule has 11 heteroatoms. The largest absolute Gasteiger partial charge is 0.370 e. The summed E-state index contributed by atoms with van der Waals surface area (Å²) in [6.07, 6.45) is 2.38. The van der Waals surface area contributed by atoms with Gasteiger partial charge >= 0.3 is 0 Å². The highest BCUT2D eigenvalue weighted by molar-refractivity contribution is 5.92. The maximum atomic E-state index is 14.4. The van der Waals surface area contributed by atoms with Crippen LogP contribution in [0.25, 0.3) is 0 Å². The van der Waals surface area contributed by atoms with Gasteiger partial charge in [-0.1, -0.05) is 84.9 Å². The van der Waals surface area contributed by atoms with Crippen LogP contribution in [0.4, 0.5) is 0 Å². The topological polar surface area (TPSA) is 200 Å². The molecule has 0 fully saturated rings. The lowest BCUT2D eigenvalue weighted by Crippen LogP contribution is -2.49. The molecular weight excluding hydrogens is 518 g/mol. The molecule has 9 N–H and O–H groups in total. The van der Waals surface area contributed by atoms with E-state index in [1.165, 1.54) is 0 Å². The molecule has 0 bridgehead atoms. The summed E-state index contributed by atoms with van der Waals surface area (Å²) >= 11 is 0. The zero-order valence-electron chi connectivity index (χ0n) is 22.7. The summed E-state index contributed by atoms with van der Waals surface area (Å²) in [4.78, 5) is 32.2. The number of aliphatic imine (C=N–C) groups is 1. The standard InChI is InChI=1S/C30H35N9O2/c31-20-38-30(35)37-18-21-13-15-22(16-14-21)19-39(25(27(32)40)12-7-17-36-29(33)34)28(41)26(23-8-3-1-4-9-23)24-10-5-2-6-11-24/h1-6,8-11,13-16,25-26H,7,12,17-19H2,(H2,32,40)(H4,33,34,36)(H3,35,37,38)/t25-/m1/s1. The van der Waals surface area contributed by atoms with E-state index in [9.17, 15) is 9.59 Å². The van der Waals surface area contributed by atoms with Gasteiger partial charge in [0.1, 0.15) is 6.04 Å². The Kier molecular flexibility index (Phi) is 11.2. The fourth-order valence-electron chi connectivity index (χ4n) is 4.49. The number of hydrogen-bond acceptors (Lipinski definition) is 5. The minimum absolute atomic E-state index is 0.0183. The van der Waals surface area contributed by atoms with Gasteiger partial charge in [-0.05, 0) is 35.1 Å². The van der Waals surface area contributed by atoms with Gasteiger partial charge in [0.25, 0.3) is 0 Å². The van der Waals surface area contributed by atoms with E-state index < -0.39 is 17.9 Å². The van der Waals surface area contributed by atoms with Crippen molar-refractivity contribution in [2.45, 2.75) is 37.9 Å². The van der Waals surface area contributed by atoms with Crippen molar-refractivity contribution in [3.05, 3.63) is 107 Å². The molecule has 3 rings (SSSR count). The van der Waals surface area contributed by atoms with Gasteiger partial charge in [0.2, 0.25) is 24.0 Å². The number of primary amides is 1. The molecule has 0 aliphatic heterocycles. The molecule has 0 unspecified atom stereocenters. The highest BCUT2D eigenvalue weighted by Gasteiger charge is 2.34. The van der Waals surface area contributed by atoms with E-state index in [2.05, 4.69) is 15.6 Å². The Hall–Kier alpha value is -5.37. The third-order valence-electron chi connectivity index (χ3n) is 6.49. The van der Waals surface area contributed by atoms with Gasteiger partial charge in [0, 0.05) is 19.6 Å². The van der Waals surface area contributed by atoms with E-state index in [0.29, 0.717) is 19.5 Å². The van der Waals surface area contributed by atoms with E-state index in [1.807, 2.05) is 84.9 Å². The number of carbonyl (C=O) groups is 2. The molecule has 0 aliphatic carbocycles. The van der Waals surface area contributed by atoms with Crippen molar-refractivity contribution in [1.29, 1.82) is 10.7 Å². The molecule has 11 nitrogen and oxygen atoms in total. The Morgan fingerprint density at radius 2 is 1.44 bits per heavy atom. The normalized spacial score (nSPS) is 11.8. The summed E-state index contributed by atoms with van der Waals surface area (Å²) in [5.74, 6) is -1.67. The number of nitrogens with two attached hydrogens (primary N) is 3. The molecule has 41 heavy (non-hydrogen) atoms. The van der Waals surface area contributed by atoms with Crippen LogP contribution < -0.4 is 27.8 Å². The van der Waals surface area contributed by atoms with Crippen LogP contribution in [-0.4, -0.2) is 41.2 Å². The van der Waals surface area contributed by atoms with E-state index in [0.717, 1.165) is 22.3 Å². The fraction of sp³-hybridized carbons (Fsp3) is 0.233. The van der Waals surface area contributed by atoms with Crippen molar-refractivity contribution in [1.82, 2.24) is 15.5 Å². The molecule has 1 atom stereocenters. The van der Waals surface area contributed by atoms with Crippen molar-refractivity contribution in [3.8, 4) is 6.19 Å². The van der Waals surface area contributed by atoms with E-state index in [-0.39, 0.29) is 30.8 Å². The number of nitriles is 1. The van der Waals surface area contributed by atoms with Gasteiger partial charge in [-0.15, -0.1) is 4.99 Å². The van der Waals surface area contributed by atoms with Crippen molar-refractivity contribution in [2.75, 3.05) is 6.54 Å². The number of rotatable bonds is 13. The minimum Gasteiger partial charge on any atom is -0.370 e. The van der Waals surface area contributed by atoms with Crippen LogP contribution in [0, 0.1) is 16.9 Å². The summed E-state index contributed by atoms with van der Waals surface area (Å²) in [6, 6.07) is 25.4. The zero-order valence-corrected chi connectivity index (χ0v) is 22.7. The molecule has 0 spiro atoms. The van der Waals surface area contributed by atoms with E-state index in [1.54, 1.807) is 11.1 Å². The molecule has 0 heterocycles. The van der Waals surface area contributed by atoms with Gasteiger partial charge in [0.05, 0.1) is 5.92 Å². The third-order valence-corrected chi connectivity index (χ3v) is 6.49. The highest BCUT2D eigenvalue weighted by Crippen LogP contribution is 2.29. The molecule has 0 saturated carbocycles. The quantitative estimate of drug-likeness (QED) is 0.0802. The Morgan fingerprint density at radius 3 is 1.95 bits per heavy atom. The van der Waals surface area contributed by atoms with Crippen molar-refractivity contribution < 1.29 is 9.59 Å². The van der Waals surface area contributed by atoms with Crippen LogP contribution in [0.1, 0.15) is 41.0 Å². The Balaban J connectivity index is 1.95. The summed E-state index contributed by atoms with van der Waals surface area (Å²) in [6.45, 7) is 0.868. The molecule has 3 aromatic rings.